The normalized spacial score (nSPS) is 14.8. The van der Waals surface area contributed by atoms with Gasteiger partial charge in [0.1, 0.15) is 4.75 Å². The lowest BCUT2D eigenvalue weighted by atomic mass is 9.88. The van der Waals surface area contributed by atoms with Crippen molar-refractivity contribution < 1.29 is 9.00 Å². The molecule has 2 nitrogen and oxygen atoms in total. The highest BCUT2D eigenvalue weighted by Crippen LogP contribution is 2.28. The number of Topliss-reactive ketones (excluding diaryl/α,β-unsaturated/α-hetero) is 1. The Balaban J connectivity index is 2.91. The van der Waals surface area contributed by atoms with Gasteiger partial charge in [-0.05, 0) is 52.2 Å². The third-order valence-corrected chi connectivity index (χ3v) is 6.12. The molecule has 1 unspecified atom stereocenters. The van der Waals surface area contributed by atoms with E-state index >= 15 is 0 Å². The van der Waals surface area contributed by atoms with Crippen LogP contribution in [0.15, 0.2) is 71.7 Å². The number of allylic oxidation sites excluding steroid dienone is 4. The number of carbonyl (C=O) groups excluding carboxylic acids is 1. The van der Waals surface area contributed by atoms with Crippen LogP contribution in [0.25, 0.3) is 0 Å². The van der Waals surface area contributed by atoms with Crippen LogP contribution in [-0.4, -0.2) is 14.7 Å². The van der Waals surface area contributed by atoms with E-state index in [1.54, 1.807) is 32.1 Å². The first kappa shape index (κ1) is 20.3. The minimum Gasteiger partial charge on any atom is -0.298 e. The minimum atomic E-state index is -1.38. The molecule has 0 amide bonds. The van der Waals surface area contributed by atoms with Crippen molar-refractivity contribution in [3.8, 4) is 0 Å². The van der Waals surface area contributed by atoms with Crippen LogP contribution in [0.3, 0.4) is 0 Å². The van der Waals surface area contributed by atoms with Gasteiger partial charge >= 0.3 is 0 Å². The average Bonchev–Trinajstić information content (AvgIpc) is 2.57. The van der Waals surface area contributed by atoms with Gasteiger partial charge in [0.2, 0.25) is 0 Å². The smallest absolute Gasteiger partial charge is 0.151 e. The van der Waals surface area contributed by atoms with E-state index in [0.717, 1.165) is 17.6 Å². The molecule has 2 atom stereocenters. The van der Waals surface area contributed by atoms with E-state index in [9.17, 15) is 9.00 Å². The number of hydrogen-bond acceptors (Lipinski definition) is 2. The quantitative estimate of drug-likeness (QED) is 0.453. The van der Waals surface area contributed by atoms with E-state index in [2.05, 4.69) is 19.2 Å². The lowest BCUT2D eigenvalue weighted by molar-refractivity contribution is -0.121. The molecule has 0 saturated heterocycles. The van der Waals surface area contributed by atoms with E-state index in [-0.39, 0.29) is 11.7 Å². The maximum atomic E-state index is 12.8. The van der Waals surface area contributed by atoms with E-state index in [1.165, 1.54) is 0 Å². The third-order valence-electron chi connectivity index (χ3n) is 4.27. The van der Waals surface area contributed by atoms with Crippen LogP contribution in [0.4, 0.5) is 0 Å². The summed E-state index contributed by atoms with van der Waals surface area (Å²) in [4.78, 5) is 13.5. The minimum absolute atomic E-state index is 0.00217. The summed E-state index contributed by atoms with van der Waals surface area (Å²) in [5.74, 6) is 0.0572. The van der Waals surface area contributed by atoms with E-state index in [1.807, 2.05) is 32.0 Å². The second kappa shape index (κ2) is 8.93. The second-order valence-electron chi connectivity index (χ2n) is 6.65. The summed E-state index contributed by atoms with van der Waals surface area (Å²) >= 11 is 0. The van der Waals surface area contributed by atoms with Crippen LogP contribution in [0.2, 0.25) is 0 Å². The van der Waals surface area contributed by atoms with Crippen LogP contribution < -0.4 is 0 Å². The van der Waals surface area contributed by atoms with Gasteiger partial charge in [0.25, 0.3) is 0 Å². The summed E-state index contributed by atoms with van der Waals surface area (Å²) in [6.07, 6.45) is 4.96. The summed E-state index contributed by atoms with van der Waals surface area (Å²) in [6, 6.07) is 9.16. The summed E-state index contributed by atoms with van der Waals surface area (Å²) in [6.45, 7) is 15.2. The molecule has 3 heteroatoms. The summed E-state index contributed by atoms with van der Waals surface area (Å²) < 4.78 is 11.9. The molecular weight excluding hydrogens is 316 g/mol. The third kappa shape index (κ3) is 5.41. The molecule has 130 valence electrons. The Bertz CT molecular complexity index is 654. The number of rotatable bonds is 9. The lowest BCUT2D eigenvalue weighted by Gasteiger charge is -2.25. The predicted molar refractivity (Wildman–Crippen MR) is 103 cm³/mol. The molecule has 0 N–H and O–H groups in total. The molecule has 1 aromatic rings. The van der Waals surface area contributed by atoms with Gasteiger partial charge in [-0.25, -0.2) is 0 Å². The average molecular weight is 345 g/mol. The van der Waals surface area contributed by atoms with Gasteiger partial charge in [0.05, 0.1) is 10.8 Å². The Morgan fingerprint density at radius 3 is 2.33 bits per heavy atom. The van der Waals surface area contributed by atoms with Gasteiger partial charge in [-0.15, -0.1) is 0 Å². The van der Waals surface area contributed by atoms with Crippen molar-refractivity contribution in [2.75, 3.05) is 0 Å². The van der Waals surface area contributed by atoms with Crippen molar-refractivity contribution in [1.82, 2.24) is 0 Å². The second-order valence-corrected chi connectivity index (χ2v) is 8.68. The van der Waals surface area contributed by atoms with Crippen molar-refractivity contribution >= 4 is 16.6 Å². The van der Waals surface area contributed by atoms with Gasteiger partial charge in [-0.3, -0.25) is 9.00 Å². The summed E-state index contributed by atoms with van der Waals surface area (Å²) in [5, 5.41) is 0. The molecular formula is C21H28O2S. The Kier molecular flexibility index (Phi) is 7.56. The fourth-order valence-electron chi connectivity index (χ4n) is 2.28. The van der Waals surface area contributed by atoms with Gasteiger partial charge in [-0.2, -0.15) is 0 Å². The Hall–Kier alpha value is -1.74. The van der Waals surface area contributed by atoms with Gasteiger partial charge < -0.3 is 0 Å². The van der Waals surface area contributed by atoms with Crippen LogP contribution in [0.5, 0.6) is 0 Å². The first-order valence-corrected chi connectivity index (χ1v) is 9.30. The van der Waals surface area contributed by atoms with Crippen LogP contribution in [0.1, 0.15) is 40.5 Å². The van der Waals surface area contributed by atoms with Crippen molar-refractivity contribution in [2.45, 2.75) is 50.2 Å². The number of ketones is 1. The Morgan fingerprint density at radius 1 is 1.25 bits per heavy atom. The molecule has 0 spiro atoms. The van der Waals surface area contributed by atoms with Crippen LogP contribution in [-0.2, 0) is 15.6 Å². The maximum absolute atomic E-state index is 12.8. The number of hydrogen-bond donors (Lipinski definition) is 0. The molecule has 1 rings (SSSR count). The molecule has 0 aliphatic carbocycles. The molecule has 0 saturated carbocycles. The molecule has 0 heterocycles. The maximum Gasteiger partial charge on any atom is 0.151 e. The summed E-state index contributed by atoms with van der Waals surface area (Å²) in [5.41, 5.74) is 2.05. The van der Waals surface area contributed by atoms with Crippen LogP contribution >= 0.6 is 0 Å². The number of carbonyl (C=O) groups is 1. The molecule has 0 aliphatic heterocycles. The molecule has 0 radical (unpaired) electrons. The van der Waals surface area contributed by atoms with Crippen molar-refractivity contribution in [2.24, 2.45) is 5.92 Å². The highest BCUT2D eigenvalue weighted by molar-refractivity contribution is 7.87. The molecule has 0 aromatic heterocycles. The SMILES string of the molecule is C=C/C(C)=C\C[C@@H](CC(=O)C(C)(C)S(=O)c1ccccc1)C(=C)C. The molecule has 24 heavy (non-hydrogen) atoms. The van der Waals surface area contributed by atoms with Crippen molar-refractivity contribution in [3.05, 3.63) is 66.8 Å². The molecule has 0 aliphatic rings. The van der Waals surface area contributed by atoms with Crippen LogP contribution in [0, 0.1) is 5.92 Å². The highest BCUT2D eigenvalue weighted by atomic mass is 32.2. The first-order chi connectivity index (χ1) is 11.2. The zero-order chi connectivity index (χ0) is 18.3. The fourth-order valence-corrected chi connectivity index (χ4v) is 3.57. The fraction of sp³-hybridized carbons (Fsp3) is 0.381. The molecule has 0 bridgehead atoms. The van der Waals surface area contributed by atoms with E-state index in [4.69, 9.17) is 0 Å². The zero-order valence-corrected chi connectivity index (χ0v) is 16.0. The van der Waals surface area contributed by atoms with Gasteiger partial charge in [0, 0.05) is 11.3 Å². The molecule has 0 fully saturated rings. The number of benzene rings is 1. The van der Waals surface area contributed by atoms with E-state index < -0.39 is 15.5 Å². The van der Waals surface area contributed by atoms with Crippen molar-refractivity contribution in [3.63, 3.8) is 0 Å². The van der Waals surface area contributed by atoms with Crippen molar-refractivity contribution in [1.29, 1.82) is 0 Å². The largest absolute Gasteiger partial charge is 0.298 e. The van der Waals surface area contributed by atoms with E-state index in [0.29, 0.717) is 11.3 Å². The highest BCUT2D eigenvalue weighted by Gasteiger charge is 2.36. The Labute approximate surface area is 148 Å². The van der Waals surface area contributed by atoms with Gasteiger partial charge in [0.15, 0.2) is 5.78 Å². The summed E-state index contributed by atoms with van der Waals surface area (Å²) in [7, 11) is -1.38. The monoisotopic (exact) mass is 344 g/mol. The standard InChI is InChI=1S/C21H28O2S/c1-7-17(4)13-14-18(16(2)3)15-20(22)21(5,6)24(23)19-11-9-8-10-12-19/h7-13,18H,1-2,14-15H2,3-6H3/b17-13-/t18-,24?/m0/s1. The lowest BCUT2D eigenvalue weighted by Crippen LogP contribution is -2.37. The zero-order valence-electron chi connectivity index (χ0n) is 15.2. The van der Waals surface area contributed by atoms with Gasteiger partial charge in [-0.1, -0.05) is 54.7 Å². The predicted octanol–water partition coefficient (Wildman–Crippen LogP) is 5.25. The Morgan fingerprint density at radius 2 is 1.83 bits per heavy atom. The first-order valence-electron chi connectivity index (χ1n) is 8.15. The topological polar surface area (TPSA) is 34.1 Å². The molecule has 1 aromatic carbocycles.